The number of nitriles is 1. The Balaban J connectivity index is 1.30. The second kappa shape index (κ2) is 13.9. The summed E-state index contributed by atoms with van der Waals surface area (Å²) in [6, 6.07) is 48.5. The number of aromatic nitrogens is 2. The van der Waals surface area contributed by atoms with Crippen LogP contribution in [0.15, 0.2) is 140 Å². The third-order valence-corrected chi connectivity index (χ3v) is 12.2. The van der Waals surface area contributed by atoms with Crippen molar-refractivity contribution in [1.29, 1.82) is 5.26 Å². The van der Waals surface area contributed by atoms with E-state index in [2.05, 4.69) is 142 Å². The molecule has 2 heterocycles. The molecule has 10 aromatic rings. The monoisotopic (exact) mass is 781 g/mol. The van der Waals surface area contributed by atoms with E-state index < -0.39 is 11.6 Å². The summed E-state index contributed by atoms with van der Waals surface area (Å²) in [6.45, 7) is 12.9. The number of rotatable bonds is 5. The number of aryl methyl sites for hydroxylation is 6. The minimum absolute atomic E-state index is 0.376. The average molecular weight is 782 g/mol. The van der Waals surface area contributed by atoms with Gasteiger partial charge in [-0.1, -0.05) is 83.9 Å². The molecule has 0 aliphatic rings. The zero-order valence-corrected chi connectivity index (χ0v) is 34.4. The highest BCUT2D eigenvalue weighted by molar-refractivity contribution is 6.12. The topological polar surface area (TPSA) is 33.6 Å². The summed E-state index contributed by atoms with van der Waals surface area (Å²) in [5, 5.41) is 15.6. The Hall–Kier alpha value is -7.29. The van der Waals surface area contributed by atoms with Crippen molar-refractivity contribution >= 4 is 43.6 Å². The summed E-state index contributed by atoms with van der Waals surface area (Å²) in [5.41, 5.74) is 18.2. The van der Waals surface area contributed by atoms with Crippen LogP contribution in [-0.2, 0) is 0 Å². The van der Waals surface area contributed by atoms with Crippen molar-refractivity contribution in [3.8, 4) is 50.8 Å². The van der Waals surface area contributed by atoms with Crippen molar-refractivity contribution in [3.63, 3.8) is 0 Å². The van der Waals surface area contributed by atoms with Gasteiger partial charge < -0.3 is 9.13 Å². The van der Waals surface area contributed by atoms with Gasteiger partial charge in [0.25, 0.3) is 0 Å². The fourth-order valence-electron chi connectivity index (χ4n) is 10.0. The molecule has 0 N–H and O–H groups in total. The minimum Gasteiger partial charge on any atom is -0.308 e. The molecule has 0 saturated carbocycles. The van der Waals surface area contributed by atoms with Crippen LogP contribution in [0.5, 0.6) is 0 Å². The standard InChI is InChI=1S/C55H41F2N3/c1-31-19-33(3)54(34(4)20-31)37-15-17-50-45(25-37)43-11-7-9-13-48(43)59(50)52-27-40(39-23-41(56)29-42(57)24-39)28-53(47(52)30-58)60-49-14-10-8-12-44(49)46-26-38(16-18-51(46)60)55-35(5)21-32(2)22-36(55)6/h7-29H,1-6H3. The third-order valence-electron chi connectivity index (χ3n) is 12.2. The molecule has 0 spiro atoms. The molecule has 5 heteroatoms. The van der Waals surface area contributed by atoms with E-state index >= 15 is 8.78 Å². The van der Waals surface area contributed by atoms with Gasteiger partial charge in [-0.2, -0.15) is 5.26 Å². The van der Waals surface area contributed by atoms with Gasteiger partial charge in [-0.3, -0.25) is 0 Å². The maximum Gasteiger partial charge on any atom is 0.126 e. The SMILES string of the molecule is Cc1cc(C)c(-c2ccc3c(c2)c2ccccc2n3-c2cc(-c3cc(F)cc(F)c3)cc(-n3c4ccccc4c4cc(-c5c(C)cc(C)cc5C)ccc43)c2C#N)c(C)c1. The minimum atomic E-state index is -0.672. The fraction of sp³-hybridized carbons (Fsp3) is 0.109. The van der Waals surface area contributed by atoms with Crippen LogP contribution in [-0.4, -0.2) is 9.13 Å². The van der Waals surface area contributed by atoms with Gasteiger partial charge in [0.1, 0.15) is 23.3 Å². The van der Waals surface area contributed by atoms with Crippen LogP contribution in [0, 0.1) is 64.5 Å². The van der Waals surface area contributed by atoms with Crippen LogP contribution in [0.25, 0.3) is 88.4 Å². The molecular weight excluding hydrogens is 741 g/mol. The van der Waals surface area contributed by atoms with Crippen LogP contribution < -0.4 is 0 Å². The summed E-state index contributed by atoms with van der Waals surface area (Å²) < 4.78 is 34.4. The Labute approximate surface area is 348 Å². The third kappa shape index (κ3) is 5.82. The van der Waals surface area contributed by atoms with Gasteiger partial charge in [-0.15, -0.1) is 0 Å². The number of para-hydroxylation sites is 2. The van der Waals surface area contributed by atoms with Crippen molar-refractivity contribution in [3.05, 3.63) is 190 Å². The first-order valence-corrected chi connectivity index (χ1v) is 20.3. The summed E-state index contributed by atoms with van der Waals surface area (Å²) in [7, 11) is 0. The highest BCUT2D eigenvalue weighted by atomic mass is 19.1. The van der Waals surface area contributed by atoms with Crippen LogP contribution in [0.2, 0.25) is 0 Å². The lowest BCUT2D eigenvalue weighted by molar-refractivity contribution is 0.584. The van der Waals surface area contributed by atoms with Crippen LogP contribution >= 0.6 is 0 Å². The lowest BCUT2D eigenvalue weighted by Crippen LogP contribution is -2.05. The highest BCUT2D eigenvalue weighted by Gasteiger charge is 2.24. The Morgan fingerprint density at radius 2 is 0.783 bits per heavy atom. The maximum atomic E-state index is 15.1. The first-order chi connectivity index (χ1) is 29.0. The normalized spacial score (nSPS) is 11.7. The lowest BCUT2D eigenvalue weighted by atomic mass is 9.93. The van der Waals surface area contributed by atoms with Gasteiger partial charge in [-0.25, -0.2) is 8.78 Å². The molecule has 3 nitrogen and oxygen atoms in total. The summed E-state index contributed by atoms with van der Waals surface area (Å²) in [5.74, 6) is -1.34. The Morgan fingerprint density at radius 3 is 1.20 bits per heavy atom. The molecule has 0 fully saturated rings. The molecule has 0 radical (unpaired) electrons. The number of hydrogen-bond donors (Lipinski definition) is 0. The summed E-state index contributed by atoms with van der Waals surface area (Å²) in [4.78, 5) is 0. The molecule has 0 aliphatic heterocycles. The molecule has 290 valence electrons. The molecule has 8 aromatic carbocycles. The van der Waals surface area contributed by atoms with E-state index in [9.17, 15) is 5.26 Å². The Morgan fingerprint density at radius 1 is 0.400 bits per heavy atom. The van der Waals surface area contributed by atoms with E-state index in [0.717, 1.165) is 60.8 Å². The van der Waals surface area contributed by atoms with Crippen molar-refractivity contribution in [2.75, 3.05) is 0 Å². The van der Waals surface area contributed by atoms with E-state index in [-0.39, 0.29) is 0 Å². The largest absolute Gasteiger partial charge is 0.308 e. The molecule has 0 bridgehead atoms. The quantitative estimate of drug-likeness (QED) is 0.171. The van der Waals surface area contributed by atoms with E-state index in [4.69, 9.17) is 0 Å². The van der Waals surface area contributed by atoms with E-state index in [0.29, 0.717) is 28.1 Å². The lowest BCUT2D eigenvalue weighted by Gasteiger charge is -2.19. The molecule has 2 aromatic heterocycles. The number of halogens is 2. The average Bonchev–Trinajstić information content (AvgIpc) is 3.71. The first-order valence-electron chi connectivity index (χ1n) is 20.3. The fourth-order valence-corrected chi connectivity index (χ4v) is 10.0. The van der Waals surface area contributed by atoms with Gasteiger partial charge in [0.15, 0.2) is 0 Å². The first kappa shape index (κ1) is 37.0. The number of hydrogen-bond acceptors (Lipinski definition) is 1. The molecule has 60 heavy (non-hydrogen) atoms. The highest BCUT2D eigenvalue weighted by Crippen LogP contribution is 2.43. The van der Waals surface area contributed by atoms with Crippen LogP contribution in [0.3, 0.4) is 0 Å². The summed E-state index contributed by atoms with van der Waals surface area (Å²) >= 11 is 0. The number of fused-ring (bicyclic) bond motifs is 6. The van der Waals surface area contributed by atoms with Gasteiger partial charge in [0, 0.05) is 27.6 Å². The van der Waals surface area contributed by atoms with Gasteiger partial charge in [0.2, 0.25) is 0 Å². The van der Waals surface area contributed by atoms with Gasteiger partial charge in [0.05, 0.1) is 33.4 Å². The predicted octanol–water partition coefficient (Wildman–Crippen LogP) is 14.9. The van der Waals surface area contributed by atoms with E-state index in [1.165, 1.54) is 56.6 Å². The molecular formula is C55H41F2N3. The van der Waals surface area contributed by atoms with Crippen molar-refractivity contribution < 1.29 is 8.78 Å². The molecule has 0 aliphatic carbocycles. The Bertz CT molecular complexity index is 3220. The predicted molar refractivity (Wildman–Crippen MR) is 244 cm³/mol. The van der Waals surface area contributed by atoms with Crippen LogP contribution in [0.4, 0.5) is 8.78 Å². The van der Waals surface area contributed by atoms with Gasteiger partial charge >= 0.3 is 0 Å². The zero-order chi connectivity index (χ0) is 41.6. The Kier molecular flexibility index (Phi) is 8.59. The van der Waals surface area contributed by atoms with Gasteiger partial charge in [-0.05, 0) is 158 Å². The molecule has 0 unspecified atom stereocenters. The van der Waals surface area contributed by atoms with E-state index in [1.807, 2.05) is 36.4 Å². The van der Waals surface area contributed by atoms with Crippen molar-refractivity contribution in [2.24, 2.45) is 0 Å². The molecule has 0 saturated heterocycles. The van der Waals surface area contributed by atoms with E-state index in [1.54, 1.807) is 0 Å². The second-order valence-electron chi connectivity index (χ2n) is 16.4. The maximum absolute atomic E-state index is 15.1. The smallest absolute Gasteiger partial charge is 0.126 e. The zero-order valence-electron chi connectivity index (χ0n) is 34.4. The van der Waals surface area contributed by atoms with Crippen molar-refractivity contribution in [1.82, 2.24) is 9.13 Å². The molecule has 0 amide bonds. The second-order valence-corrected chi connectivity index (χ2v) is 16.4. The number of nitrogens with zero attached hydrogens (tertiary/aromatic N) is 3. The molecule has 10 rings (SSSR count). The molecule has 0 atom stereocenters. The van der Waals surface area contributed by atoms with Crippen molar-refractivity contribution in [2.45, 2.75) is 41.5 Å². The summed E-state index contributed by atoms with van der Waals surface area (Å²) in [6.07, 6.45) is 0. The van der Waals surface area contributed by atoms with Crippen LogP contribution in [0.1, 0.15) is 38.9 Å². The number of benzene rings is 8.